The van der Waals surface area contributed by atoms with E-state index in [-0.39, 0.29) is 0 Å². The second-order valence-electron chi connectivity index (χ2n) is 5.50. The Hall–Kier alpha value is -1.87. The third-order valence-corrected chi connectivity index (χ3v) is 4.09. The van der Waals surface area contributed by atoms with E-state index in [2.05, 4.69) is 5.32 Å². The van der Waals surface area contributed by atoms with Crippen LogP contribution in [0.3, 0.4) is 0 Å². The number of nitrogens with zero attached hydrogens (tertiary/aromatic N) is 1. The van der Waals surface area contributed by atoms with E-state index in [0.717, 1.165) is 0 Å². The van der Waals surface area contributed by atoms with E-state index in [1.54, 1.807) is 24.3 Å². The highest BCUT2D eigenvalue weighted by molar-refractivity contribution is 5.95. The highest BCUT2D eigenvalue weighted by Gasteiger charge is 2.53. The first-order chi connectivity index (χ1) is 11.1. The predicted octanol–water partition coefficient (Wildman–Crippen LogP) is -0.578. The number of aliphatic hydroxyl groups excluding tert-OH is 3. The molecule has 2 saturated heterocycles. The quantitative estimate of drug-likeness (QED) is 0.590. The van der Waals surface area contributed by atoms with Crippen LogP contribution in [-0.2, 0) is 4.74 Å². The van der Waals surface area contributed by atoms with E-state index in [1.807, 2.05) is 6.92 Å². The Morgan fingerprint density at radius 1 is 1.26 bits per heavy atom. The maximum atomic E-state index is 12.2. The molecule has 23 heavy (non-hydrogen) atoms. The van der Waals surface area contributed by atoms with E-state index in [0.29, 0.717) is 18.0 Å². The molecule has 0 radical (unpaired) electrons. The summed E-state index contributed by atoms with van der Waals surface area (Å²) < 4.78 is 11.0. The van der Waals surface area contributed by atoms with Crippen molar-refractivity contribution in [2.75, 3.05) is 18.1 Å². The summed E-state index contributed by atoms with van der Waals surface area (Å²) >= 11 is 0. The summed E-state index contributed by atoms with van der Waals surface area (Å²) in [4.78, 5) is 13.6. The van der Waals surface area contributed by atoms with Crippen molar-refractivity contribution in [2.45, 2.75) is 37.5 Å². The lowest BCUT2D eigenvalue weighted by Crippen LogP contribution is -2.61. The predicted molar refractivity (Wildman–Crippen MR) is 80.2 cm³/mol. The van der Waals surface area contributed by atoms with E-state index in [9.17, 15) is 20.1 Å². The molecule has 2 aliphatic rings. The molecule has 2 fully saturated rings. The van der Waals surface area contributed by atoms with Crippen LogP contribution >= 0.6 is 0 Å². The van der Waals surface area contributed by atoms with Gasteiger partial charge in [-0.05, 0) is 31.2 Å². The molecule has 2 amide bonds. The van der Waals surface area contributed by atoms with Gasteiger partial charge in [0, 0.05) is 5.69 Å². The number of carbonyl (C=O) groups excluding carboxylic acids is 1. The molecule has 0 spiro atoms. The Bertz CT molecular complexity index is 566. The second-order valence-corrected chi connectivity index (χ2v) is 5.50. The molecule has 8 nitrogen and oxygen atoms in total. The Morgan fingerprint density at radius 2 is 1.96 bits per heavy atom. The molecule has 0 saturated carbocycles. The summed E-state index contributed by atoms with van der Waals surface area (Å²) in [5, 5.41) is 31.9. The lowest BCUT2D eigenvalue weighted by Gasteiger charge is -2.40. The van der Waals surface area contributed by atoms with Gasteiger partial charge in [0.2, 0.25) is 0 Å². The van der Waals surface area contributed by atoms with Gasteiger partial charge < -0.3 is 30.1 Å². The van der Waals surface area contributed by atoms with Gasteiger partial charge >= 0.3 is 6.03 Å². The largest absolute Gasteiger partial charge is 0.494 e. The van der Waals surface area contributed by atoms with Gasteiger partial charge in [0.25, 0.3) is 0 Å². The lowest BCUT2D eigenvalue weighted by atomic mass is 9.97. The zero-order valence-corrected chi connectivity index (χ0v) is 12.6. The molecule has 0 aromatic heterocycles. The highest BCUT2D eigenvalue weighted by Crippen LogP contribution is 2.32. The number of urea groups is 1. The molecular formula is C15H20N2O6. The van der Waals surface area contributed by atoms with Gasteiger partial charge in [-0.1, -0.05) is 0 Å². The van der Waals surface area contributed by atoms with Crippen LogP contribution < -0.4 is 15.0 Å². The fraction of sp³-hybridized carbons (Fsp3) is 0.533. The van der Waals surface area contributed by atoms with Gasteiger partial charge in [0.05, 0.1) is 13.2 Å². The fourth-order valence-corrected chi connectivity index (χ4v) is 2.94. The van der Waals surface area contributed by atoms with Crippen LogP contribution in [0.4, 0.5) is 10.5 Å². The average molecular weight is 324 g/mol. The Morgan fingerprint density at radius 3 is 2.57 bits per heavy atom. The number of ether oxygens (including phenoxy) is 2. The van der Waals surface area contributed by atoms with Crippen molar-refractivity contribution in [1.29, 1.82) is 0 Å². The van der Waals surface area contributed by atoms with Crippen LogP contribution in [0.2, 0.25) is 0 Å². The summed E-state index contributed by atoms with van der Waals surface area (Å²) in [5.74, 6) is 0.681. The van der Waals surface area contributed by atoms with Crippen molar-refractivity contribution in [2.24, 2.45) is 0 Å². The highest BCUT2D eigenvalue weighted by atomic mass is 16.5. The number of nitrogens with one attached hydrogen (secondary N) is 1. The number of carbonyl (C=O) groups is 1. The number of benzene rings is 1. The Labute approximate surface area is 133 Å². The normalized spacial score (nSPS) is 33.3. The molecule has 126 valence electrons. The SMILES string of the molecule is CCOc1ccc(N2C(=O)NC3C(O)C(O)C(CO)OC32)cc1. The van der Waals surface area contributed by atoms with Crippen LogP contribution in [0.15, 0.2) is 24.3 Å². The first kappa shape index (κ1) is 16.0. The fourth-order valence-electron chi connectivity index (χ4n) is 2.94. The third-order valence-electron chi connectivity index (χ3n) is 4.09. The molecule has 8 heteroatoms. The maximum Gasteiger partial charge on any atom is 0.324 e. The molecule has 5 unspecified atom stereocenters. The summed E-state index contributed by atoms with van der Waals surface area (Å²) in [6.45, 7) is 1.97. The van der Waals surface area contributed by atoms with E-state index in [4.69, 9.17) is 9.47 Å². The summed E-state index contributed by atoms with van der Waals surface area (Å²) in [5.41, 5.74) is 0.568. The zero-order valence-electron chi connectivity index (χ0n) is 12.6. The number of rotatable bonds is 4. The average Bonchev–Trinajstić information content (AvgIpc) is 2.88. The minimum Gasteiger partial charge on any atom is -0.494 e. The van der Waals surface area contributed by atoms with Crippen molar-refractivity contribution in [1.82, 2.24) is 5.32 Å². The van der Waals surface area contributed by atoms with Crippen LogP contribution in [0.1, 0.15) is 6.92 Å². The minimum absolute atomic E-state index is 0.436. The van der Waals surface area contributed by atoms with Gasteiger partial charge in [-0.15, -0.1) is 0 Å². The number of fused-ring (bicyclic) bond motifs is 1. The molecule has 1 aromatic rings. The van der Waals surface area contributed by atoms with Crippen molar-refractivity contribution in [3.05, 3.63) is 24.3 Å². The van der Waals surface area contributed by atoms with Gasteiger partial charge in [0.15, 0.2) is 6.23 Å². The minimum atomic E-state index is -1.26. The maximum absolute atomic E-state index is 12.2. The molecule has 0 bridgehead atoms. The molecule has 3 rings (SSSR count). The first-order valence-corrected chi connectivity index (χ1v) is 7.52. The molecule has 1 aromatic carbocycles. The number of hydrogen-bond acceptors (Lipinski definition) is 6. The smallest absolute Gasteiger partial charge is 0.324 e. The van der Waals surface area contributed by atoms with Crippen molar-refractivity contribution in [3.8, 4) is 5.75 Å². The number of amides is 2. The molecule has 0 aliphatic carbocycles. The van der Waals surface area contributed by atoms with Crippen LogP contribution in [0.5, 0.6) is 5.75 Å². The summed E-state index contributed by atoms with van der Waals surface area (Å²) in [6.07, 6.45) is -4.25. The van der Waals surface area contributed by atoms with Gasteiger partial charge in [-0.2, -0.15) is 0 Å². The van der Waals surface area contributed by atoms with E-state index < -0.39 is 43.2 Å². The standard InChI is InChI=1S/C15H20N2O6/c1-2-22-9-5-3-8(4-6-9)17-14-11(16-15(17)21)13(20)12(19)10(7-18)23-14/h3-6,10-14,18-20H,2,7H2,1H3,(H,16,21). The van der Waals surface area contributed by atoms with Gasteiger partial charge in [-0.3, -0.25) is 4.90 Å². The number of hydrogen-bond donors (Lipinski definition) is 4. The molecular weight excluding hydrogens is 304 g/mol. The summed E-state index contributed by atoms with van der Waals surface area (Å²) in [7, 11) is 0. The molecule has 2 aliphatic heterocycles. The number of anilines is 1. The van der Waals surface area contributed by atoms with Crippen molar-refractivity contribution < 1.29 is 29.6 Å². The second kappa shape index (κ2) is 6.32. The number of aliphatic hydroxyl groups is 3. The van der Waals surface area contributed by atoms with Crippen LogP contribution in [0.25, 0.3) is 0 Å². The van der Waals surface area contributed by atoms with E-state index >= 15 is 0 Å². The van der Waals surface area contributed by atoms with Crippen LogP contribution in [0, 0.1) is 0 Å². The monoisotopic (exact) mass is 324 g/mol. The molecule has 5 atom stereocenters. The third kappa shape index (κ3) is 2.74. The molecule has 2 heterocycles. The molecule has 4 N–H and O–H groups in total. The van der Waals surface area contributed by atoms with Gasteiger partial charge in [0.1, 0.15) is 30.1 Å². The van der Waals surface area contributed by atoms with Crippen LogP contribution in [-0.4, -0.2) is 65.1 Å². The zero-order chi connectivity index (χ0) is 16.6. The van der Waals surface area contributed by atoms with Crippen molar-refractivity contribution in [3.63, 3.8) is 0 Å². The summed E-state index contributed by atoms with van der Waals surface area (Å²) in [6, 6.07) is 5.68. The van der Waals surface area contributed by atoms with Gasteiger partial charge in [-0.25, -0.2) is 4.79 Å². The van der Waals surface area contributed by atoms with Crippen molar-refractivity contribution >= 4 is 11.7 Å². The lowest BCUT2D eigenvalue weighted by molar-refractivity contribution is -0.184. The Kier molecular flexibility index (Phi) is 4.40. The first-order valence-electron chi connectivity index (χ1n) is 7.52. The topological polar surface area (TPSA) is 111 Å². The Balaban J connectivity index is 1.86. The van der Waals surface area contributed by atoms with E-state index in [1.165, 1.54) is 4.90 Å².